The summed E-state index contributed by atoms with van der Waals surface area (Å²) >= 11 is 3.39. The van der Waals surface area contributed by atoms with E-state index in [9.17, 15) is 18.0 Å². The largest absolute Gasteiger partial charge is 0.354 e. The van der Waals surface area contributed by atoms with Crippen molar-refractivity contribution in [2.45, 2.75) is 52.1 Å². The maximum atomic E-state index is 14.0. The zero-order chi connectivity index (χ0) is 28.7. The fraction of sp³-hybridized carbons (Fsp3) is 0.333. The molecule has 7 nitrogen and oxygen atoms in total. The van der Waals surface area contributed by atoms with Gasteiger partial charge in [0.2, 0.25) is 11.8 Å². The van der Waals surface area contributed by atoms with E-state index in [-0.39, 0.29) is 23.3 Å². The highest BCUT2D eigenvalue weighted by Crippen LogP contribution is 2.26. The van der Waals surface area contributed by atoms with E-state index in [2.05, 4.69) is 21.2 Å². The third-order valence-corrected chi connectivity index (χ3v) is 8.77. The Balaban J connectivity index is 2.01. The van der Waals surface area contributed by atoms with Crippen LogP contribution in [0.3, 0.4) is 0 Å². The second-order valence-corrected chi connectivity index (χ2v) is 12.8. The number of amides is 2. The van der Waals surface area contributed by atoms with Crippen molar-refractivity contribution in [1.29, 1.82) is 0 Å². The van der Waals surface area contributed by atoms with Crippen LogP contribution in [0.5, 0.6) is 0 Å². The van der Waals surface area contributed by atoms with Gasteiger partial charge >= 0.3 is 0 Å². The van der Waals surface area contributed by atoms with Crippen molar-refractivity contribution in [3.8, 4) is 0 Å². The van der Waals surface area contributed by atoms with Gasteiger partial charge in [0, 0.05) is 17.6 Å². The van der Waals surface area contributed by atoms with Gasteiger partial charge in [-0.05, 0) is 74.2 Å². The molecule has 0 aliphatic rings. The Morgan fingerprint density at radius 1 is 0.897 bits per heavy atom. The molecule has 39 heavy (non-hydrogen) atoms. The highest BCUT2D eigenvalue weighted by molar-refractivity contribution is 9.10. The SMILES string of the molecule is Cc1ccc(S(=O)(=O)N(CC(=O)N(Cc2ccccc2C)C(C)C(=O)NCC(C)C)c2ccc(Br)cc2)cc1. The minimum Gasteiger partial charge on any atom is -0.354 e. The number of carbonyl (C=O) groups is 2. The van der Waals surface area contributed by atoms with Crippen molar-refractivity contribution in [3.63, 3.8) is 0 Å². The molecule has 0 aliphatic heterocycles. The summed E-state index contributed by atoms with van der Waals surface area (Å²) in [6, 6.07) is 20.1. The highest BCUT2D eigenvalue weighted by Gasteiger charge is 2.32. The normalized spacial score (nSPS) is 12.2. The Morgan fingerprint density at radius 3 is 2.10 bits per heavy atom. The first-order chi connectivity index (χ1) is 18.4. The molecule has 3 rings (SSSR count). The number of hydrogen-bond acceptors (Lipinski definition) is 4. The molecule has 0 spiro atoms. The second-order valence-electron chi connectivity index (χ2n) is 10.1. The molecule has 2 amide bonds. The van der Waals surface area contributed by atoms with Gasteiger partial charge in [-0.15, -0.1) is 0 Å². The van der Waals surface area contributed by atoms with Crippen LogP contribution in [-0.4, -0.2) is 44.3 Å². The lowest BCUT2D eigenvalue weighted by Gasteiger charge is -2.32. The molecule has 0 fully saturated rings. The summed E-state index contributed by atoms with van der Waals surface area (Å²) in [4.78, 5) is 28.6. The minimum atomic E-state index is -4.09. The van der Waals surface area contributed by atoms with E-state index >= 15 is 0 Å². The van der Waals surface area contributed by atoms with E-state index in [1.54, 1.807) is 43.3 Å². The van der Waals surface area contributed by atoms with Gasteiger partial charge in [0.1, 0.15) is 12.6 Å². The van der Waals surface area contributed by atoms with Gasteiger partial charge in [-0.1, -0.05) is 71.7 Å². The summed E-state index contributed by atoms with van der Waals surface area (Å²) < 4.78 is 29.6. The van der Waals surface area contributed by atoms with Crippen LogP contribution in [0.15, 0.2) is 82.2 Å². The van der Waals surface area contributed by atoms with Gasteiger partial charge < -0.3 is 10.2 Å². The zero-order valence-corrected chi connectivity index (χ0v) is 25.4. The van der Waals surface area contributed by atoms with Crippen LogP contribution in [0, 0.1) is 19.8 Å². The summed E-state index contributed by atoms with van der Waals surface area (Å²) in [6.07, 6.45) is 0. The van der Waals surface area contributed by atoms with Crippen LogP contribution in [0.4, 0.5) is 5.69 Å². The monoisotopic (exact) mass is 613 g/mol. The molecule has 0 bridgehead atoms. The Morgan fingerprint density at radius 2 is 1.51 bits per heavy atom. The number of halogens is 1. The molecular weight excluding hydrogens is 578 g/mol. The summed E-state index contributed by atoms with van der Waals surface area (Å²) in [5, 5.41) is 2.90. The summed E-state index contributed by atoms with van der Waals surface area (Å²) in [7, 11) is -4.09. The summed E-state index contributed by atoms with van der Waals surface area (Å²) in [5.41, 5.74) is 3.12. The quantitative estimate of drug-likeness (QED) is 0.311. The molecule has 0 radical (unpaired) electrons. The Labute approximate surface area is 240 Å². The smallest absolute Gasteiger partial charge is 0.264 e. The molecule has 0 saturated heterocycles. The number of hydrogen-bond donors (Lipinski definition) is 1. The maximum absolute atomic E-state index is 14.0. The molecule has 1 atom stereocenters. The lowest BCUT2D eigenvalue weighted by atomic mass is 10.1. The van der Waals surface area contributed by atoms with Gasteiger partial charge in [0.05, 0.1) is 10.6 Å². The van der Waals surface area contributed by atoms with Crippen LogP contribution >= 0.6 is 15.9 Å². The molecule has 0 saturated carbocycles. The first-order valence-electron chi connectivity index (χ1n) is 12.9. The minimum absolute atomic E-state index is 0.0806. The van der Waals surface area contributed by atoms with E-state index in [1.165, 1.54) is 17.0 Å². The maximum Gasteiger partial charge on any atom is 0.264 e. The van der Waals surface area contributed by atoms with Gasteiger partial charge in [-0.3, -0.25) is 13.9 Å². The summed E-state index contributed by atoms with van der Waals surface area (Å²) in [5.74, 6) is -0.527. The molecule has 1 unspecified atom stereocenters. The van der Waals surface area contributed by atoms with Crippen molar-refractivity contribution in [2.24, 2.45) is 5.92 Å². The van der Waals surface area contributed by atoms with Crippen molar-refractivity contribution < 1.29 is 18.0 Å². The van der Waals surface area contributed by atoms with Crippen LogP contribution < -0.4 is 9.62 Å². The highest BCUT2D eigenvalue weighted by atomic mass is 79.9. The van der Waals surface area contributed by atoms with Crippen molar-refractivity contribution in [3.05, 3.63) is 94.0 Å². The number of nitrogens with one attached hydrogen (secondary N) is 1. The lowest BCUT2D eigenvalue weighted by Crippen LogP contribution is -2.51. The molecule has 9 heteroatoms. The van der Waals surface area contributed by atoms with E-state index in [0.29, 0.717) is 12.2 Å². The van der Waals surface area contributed by atoms with Gasteiger partial charge in [-0.25, -0.2) is 8.42 Å². The van der Waals surface area contributed by atoms with Crippen LogP contribution in [-0.2, 0) is 26.2 Å². The molecule has 0 aliphatic carbocycles. The molecule has 208 valence electrons. The van der Waals surface area contributed by atoms with Crippen molar-refractivity contribution in [2.75, 3.05) is 17.4 Å². The Kier molecular flexibility index (Phi) is 10.3. The molecular formula is C30H36BrN3O4S. The molecule has 0 aromatic heterocycles. The van der Waals surface area contributed by atoms with Crippen LogP contribution in [0.25, 0.3) is 0 Å². The third-order valence-electron chi connectivity index (χ3n) is 6.46. The number of anilines is 1. The van der Waals surface area contributed by atoms with E-state index in [4.69, 9.17) is 0 Å². The number of nitrogens with zero attached hydrogens (tertiary/aromatic N) is 2. The lowest BCUT2D eigenvalue weighted by molar-refractivity contribution is -0.139. The zero-order valence-electron chi connectivity index (χ0n) is 23.0. The number of rotatable bonds is 11. The Hall–Kier alpha value is -3.17. The van der Waals surface area contributed by atoms with Gasteiger partial charge in [0.15, 0.2) is 0 Å². The standard InChI is InChI=1S/C30H36BrN3O4S/c1-21(2)18-32-30(36)24(5)33(19-25-9-7-6-8-23(25)4)29(35)20-34(27-14-12-26(31)13-15-27)39(37,38)28-16-10-22(3)11-17-28/h6-17,21,24H,18-20H2,1-5H3,(H,32,36). The number of aryl methyl sites for hydroxylation is 2. The number of benzene rings is 3. The molecule has 1 N–H and O–H groups in total. The average molecular weight is 615 g/mol. The van der Waals surface area contributed by atoms with Gasteiger partial charge in [0.25, 0.3) is 10.0 Å². The van der Waals surface area contributed by atoms with E-state index in [0.717, 1.165) is 25.5 Å². The first kappa shape index (κ1) is 30.4. The van der Waals surface area contributed by atoms with Gasteiger partial charge in [-0.2, -0.15) is 0 Å². The fourth-order valence-electron chi connectivity index (χ4n) is 3.98. The topological polar surface area (TPSA) is 86.8 Å². The van der Waals surface area contributed by atoms with Crippen molar-refractivity contribution >= 4 is 43.5 Å². The summed E-state index contributed by atoms with van der Waals surface area (Å²) in [6.45, 7) is 9.65. The molecule has 3 aromatic carbocycles. The third kappa shape index (κ3) is 7.92. The van der Waals surface area contributed by atoms with Crippen LogP contribution in [0.2, 0.25) is 0 Å². The molecule has 0 heterocycles. The number of carbonyl (C=O) groups excluding carboxylic acids is 2. The van der Waals surface area contributed by atoms with Crippen molar-refractivity contribution in [1.82, 2.24) is 10.2 Å². The second kappa shape index (κ2) is 13.3. The van der Waals surface area contributed by atoms with E-state index in [1.807, 2.05) is 52.0 Å². The Bertz CT molecular complexity index is 1390. The van der Waals surface area contributed by atoms with Crippen LogP contribution in [0.1, 0.15) is 37.5 Å². The first-order valence-corrected chi connectivity index (χ1v) is 15.1. The number of sulfonamides is 1. The predicted octanol–water partition coefficient (Wildman–Crippen LogP) is 5.45. The fourth-order valence-corrected chi connectivity index (χ4v) is 5.66. The van der Waals surface area contributed by atoms with E-state index < -0.39 is 28.5 Å². The average Bonchev–Trinajstić information content (AvgIpc) is 2.90. The molecule has 3 aromatic rings. The predicted molar refractivity (Wildman–Crippen MR) is 159 cm³/mol.